The zero-order chi connectivity index (χ0) is 11.4. The molecule has 0 atom stereocenters. The van der Waals surface area contributed by atoms with Gasteiger partial charge in [0.05, 0.1) is 21.3 Å². The normalized spacial score (nSPS) is 9.93. The van der Waals surface area contributed by atoms with Gasteiger partial charge in [0, 0.05) is 10.9 Å². The third-order valence-electron chi connectivity index (χ3n) is 2.29. The lowest BCUT2D eigenvalue weighted by molar-refractivity contribution is 0.322. The van der Waals surface area contributed by atoms with E-state index in [1.54, 1.807) is 21.3 Å². The average molecular weight is 275 g/mol. The molecule has 0 fully saturated rings. The third kappa shape index (κ3) is 2.20. The molecular formula is C11H15BrO3. The second kappa shape index (κ2) is 5.26. The molecule has 0 unspecified atom stereocenters. The van der Waals surface area contributed by atoms with Crippen LogP contribution in [0, 0.1) is 6.92 Å². The van der Waals surface area contributed by atoms with Crippen molar-refractivity contribution < 1.29 is 14.2 Å². The molecule has 0 aliphatic carbocycles. The van der Waals surface area contributed by atoms with E-state index in [0.717, 1.165) is 22.2 Å². The minimum Gasteiger partial charge on any atom is -0.493 e. The number of rotatable bonds is 4. The summed E-state index contributed by atoms with van der Waals surface area (Å²) in [7, 11) is 4.85. The van der Waals surface area contributed by atoms with E-state index in [1.807, 2.05) is 13.0 Å². The molecule has 0 aromatic heterocycles. The van der Waals surface area contributed by atoms with E-state index < -0.39 is 0 Å². The molecule has 0 spiro atoms. The maximum Gasteiger partial charge on any atom is 0.203 e. The maximum absolute atomic E-state index is 5.35. The number of alkyl halides is 1. The van der Waals surface area contributed by atoms with E-state index in [-0.39, 0.29) is 0 Å². The Balaban J connectivity index is 3.44. The van der Waals surface area contributed by atoms with Gasteiger partial charge in [-0.15, -0.1) is 0 Å². The fourth-order valence-corrected chi connectivity index (χ4v) is 2.20. The van der Waals surface area contributed by atoms with Gasteiger partial charge in [-0.3, -0.25) is 0 Å². The molecule has 0 N–H and O–H groups in total. The Morgan fingerprint density at radius 1 is 1.07 bits per heavy atom. The van der Waals surface area contributed by atoms with Gasteiger partial charge in [-0.1, -0.05) is 15.9 Å². The number of methoxy groups -OCH3 is 3. The summed E-state index contributed by atoms with van der Waals surface area (Å²) in [6.07, 6.45) is 0. The molecule has 84 valence electrons. The first-order valence-corrected chi connectivity index (χ1v) is 5.66. The predicted octanol–water partition coefficient (Wildman–Crippen LogP) is 2.92. The van der Waals surface area contributed by atoms with Gasteiger partial charge in [0.1, 0.15) is 0 Å². The lowest BCUT2D eigenvalue weighted by Gasteiger charge is -2.16. The molecule has 1 aromatic carbocycles. The van der Waals surface area contributed by atoms with Crippen LogP contribution < -0.4 is 14.2 Å². The van der Waals surface area contributed by atoms with Gasteiger partial charge in [-0.2, -0.15) is 0 Å². The van der Waals surface area contributed by atoms with Crippen LogP contribution in [-0.4, -0.2) is 21.3 Å². The van der Waals surface area contributed by atoms with Crippen molar-refractivity contribution in [2.45, 2.75) is 12.3 Å². The van der Waals surface area contributed by atoms with Gasteiger partial charge in [0.2, 0.25) is 5.75 Å². The van der Waals surface area contributed by atoms with E-state index in [9.17, 15) is 0 Å². The monoisotopic (exact) mass is 274 g/mol. The smallest absolute Gasteiger partial charge is 0.203 e. The second-order valence-corrected chi connectivity index (χ2v) is 3.64. The minimum absolute atomic E-state index is 0.639. The van der Waals surface area contributed by atoms with Crippen molar-refractivity contribution >= 4 is 15.9 Å². The first kappa shape index (κ1) is 12.2. The van der Waals surface area contributed by atoms with E-state index in [4.69, 9.17) is 14.2 Å². The van der Waals surface area contributed by atoms with Crippen molar-refractivity contribution in [3.8, 4) is 17.2 Å². The molecule has 0 saturated heterocycles. The molecule has 1 rings (SSSR count). The van der Waals surface area contributed by atoms with E-state index >= 15 is 0 Å². The summed E-state index contributed by atoms with van der Waals surface area (Å²) in [6.45, 7) is 2.01. The average Bonchev–Trinajstić information content (AvgIpc) is 2.27. The van der Waals surface area contributed by atoms with Crippen molar-refractivity contribution in [2.24, 2.45) is 0 Å². The van der Waals surface area contributed by atoms with Crippen molar-refractivity contribution in [1.82, 2.24) is 0 Å². The van der Waals surface area contributed by atoms with Crippen LogP contribution in [0.2, 0.25) is 0 Å². The highest BCUT2D eigenvalue weighted by atomic mass is 79.9. The summed E-state index contributed by atoms with van der Waals surface area (Å²) in [5.74, 6) is 2.06. The molecule has 4 heteroatoms. The number of benzene rings is 1. The number of hydrogen-bond acceptors (Lipinski definition) is 3. The summed E-state index contributed by atoms with van der Waals surface area (Å²) in [5, 5.41) is 0.725. The Labute approximate surface area is 98.5 Å². The van der Waals surface area contributed by atoms with Gasteiger partial charge < -0.3 is 14.2 Å². The fourth-order valence-electron chi connectivity index (χ4n) is 1.50. The van der Waals surface area contributed by atoms with E-state index in [1.165, 1.54) is 0 Å². The van der Waals surface area contributed by atoms with Crippen LogP contribution in [0.15, 0.2) is 6.07 Å². The van der Waals surface area contributed by atoms with Gasteiger partial charge >= 0.3 is 0 Å². The van der Waals surface area contributed by atoms with Crippen LogP contribution in [0.3, 0.4) is 0 Å². The van der Waals surface area contributed by atoms with Gasteiger partial charge in [-0.25, -0.2) is 0 Å². The van der Waals surface area contributed by atoms with E-state index in [0.29, 0.717) is 11.5 Å². The highest BCUT2D eigenvalue weighted by Gasteiger charge is 2.17. The van der Waals surface area contributed by atoms with Crippen molar-refractivity contribution in [1.29, 1.82) is 0 Å². The zero-order valence-electron chi connectivity index (χ0n) is 9.39. The number of hydrogen-bond donors (Lipinski definition) is 0. The molecule has 0 aliphatic rings. The van der Waals surface area contributed by atoms with Crippen LogP contribution in [-0.2, 0) is 5.33 Å². The zero-order valence-corrected chi connectivity index (χ0v) is 11.0. The molecule has 0 heterocycles. The quantitative estimate of drug-likeness (QED) is 0.791. The summed E-state index contributed by atoms with van der Waals surface area (Å²) < 4.78 is 15.9. The standard InChI is InChI=1S/C11H15BrO3/c1-7-5-9(13-2)11(15-4)10(14-3)8(7)6-12/h5H,6H2,1-4H3. The minimum atomic E-state index is 0.639. The first-order chi connectivity index (χ1) is 7.19. The van der Waals surface area contributed by atoms with Gasteiger partial charge in [0.15, 0.2) is 11.5 Å². The van der Waals surface area contributed by atoms with Crippen LogP contribution in [0.1, 0.15) is 11.1 Å². The van der Waals surface area contributed by atoms with Crippen molar-refractivity contribution in [3.05, 3.63) is 17.2 Å². The number of ether oxygens (including phenoxy) is 3. The Hall–Kier alpha value is -0.900. The van der Waals surface area contributed by atoms with Crippen LogP contribution in [0.4, 0.5) is 0 Å². The first-order valence-electron chi connectivity index (χ1n) is 4.54. The Morgan fingerprint density at radius 2 is 1.67 bits per heavy atom. The SMILES string of the molecule is COc1cc(C)c(CBr)c(OC)c1OC. The summed E-state index contributed by atoms with van der Waals surface area (Å²) in [4.78, 5) is 0. The summed E-state index contributed by atoms with van der Waals surface area (Å²) in [6, 6.07) is 1.94. The molecular weight excluding hydrogens is 260 g/mol. The predicted molar refractivity (Wildman–Crippen MR) is 63.5 cm³/mol. The largest absolute Gasteiger partial charge is 0.493 e. The molecule has 0 aliphatic heterocycles. The molecule has 0 saturated carbocycles. The summed E-state index contributed by atoms with van der Waals surface area (Å²) >= 11 is 3.43. The van der Waals surface area contributed by atoms with Crippen LogP contribution in [0.25, 0.3) is 0 Å². The molecule has 0 amide bonds. The van der Waals surface area contributed by atoms with Gasteiger partial charge in [0.25, 0.3) is 0 Å². The van der Waals surface area contributed by atoms with Crippen molar-refractivity contribution in [3.63, 3.8) is 0 Å². The Bertz CT molecular complexity index is 350. The Kier molecular flexibility index (Phi) is 4.27. The van der Waals surface area contributed by atoms with E-state index in [2.05, 4.69) is 15.9 Å². The van der Waals surface area contributed by atoms with Crippen LogP contribution in [0.5, 0.6) is 17.2 Å². The molecule has 0 bridgehead atoms. The van der Waals surface area contributed by atoms with Crippen molar-refractivity contribution in [2.75, 3.05) is 21.3 Å². The lowest BCUT2D eigenvalue weighted by atomic mass is 10.1. The summed E-state index contributed by atoms with van der Waals surface area (Å²) in [5.41, 5.74) is 2.19. The number of aryl methyl sites for hydroxylation is 1. The fraction of sp³-hybridized carbons (Fsp3) is 0.455. The molecule has 15 heavy (non-hydrogen) atoms. The molecule has 0 radical (unpaired) electrons. The molecule has 3 nitrogen and oxygen atoms in total. The van der Waals surface area contributed by atoms with Gasteiger partial charge in [-0.05, 0) is 18.6 Å². The lowest BCUT2D eigenvalue weighted by Crippen LogP contribution is -2.00. The topological polar surface area (TPSA) is 27.7 Å². The highest BCUT2D eigenvalue weighted by Crippen LogP contribution is 2.42. The maximum atomic E-state index is 5.35. The Morgan fingerprint density at radius 3 is 2.07 bits per heavy atom. The molecule has 1 aromatic rings. The highest BCUT2D eigenvalue weighted by molar-refractivity contribution is 9.08. The second-order valence-electron chi connectivity index (χ2n) is 3.07. The third-order valence-corrected chi connectivity index (χ3v) is 2.85. The number of halogens is 1. The van der Waals surface area contributed by atoms with Crippen LogP contribution >= 0.6 is 15.9 Å².